The third-order valence-corrected chi connectivity index (χ3v) is 6.81. The van der Waals surface area contributed by atoms with E-state index in [0.29, 0.717) is 25.5 Å². The molecule has 4 heterocycles. The second kappa shape index (κ2) is 8.91. The fraction of sp³-hybridized carbons (Fsp3) is 0.435. The normalized spacial score (nSPS) is 23.2. The van der Waals surface area contributed by atoms with Crippen molar-refractivity contribution in [3.63, 3.8) is 0 Å². The molecule has 8 nitrogen and oxygen atoms in total. The van der Waals surface area contributed by atoms with E-state index >= 15 is 0 Å². The lowest BCUT2D eigenvalue weighted by Crippen LogP contribution is -2.73. The van der Waals surface area contributed by atoms with Gasteiger partial charge in [0.2, 0.25) is 0 Å². The second-order valence-electron chi connectivity index (χ2n) is 9.67. The third kappa shape index (κ3) is 4.76. The summed E-state index contributed by atoms with van der Waals surface area (Å²) in [6.45, 7) is 1.90. The number of benzene rings is 1. The predicted octanol–water partition coefficient (Wildman–Crippen LogP) is 5.39. The first kappa shape index (κ1) is 25.9. The van der Waals surface area contributed by atoms with Gasteiger partial charge in [-0.2, -0.15) is 36.2 Å². The number of alkyl halides is 6. The molecule has 202 valence electrons. The number of rotatable bonds is 4. The Labute approximate surface area is 210 Å². The molecule has 3 aromatic rings. The average Bonchev–Trinajstić information content (AvgIpc) is 3.27. The molecule has 1 N–H and O–H groups in total. The first-order valence-electron chi connectivity index (χ1n) is 11.5. The molecule has 6 rings (SSSR count). The van der Waals surface area contributed by atoms with Crippen LogP contribution in [0.5, 0.6) is 0 Å². The molecule has 38 heavy (non-hydrogen) atoms. The average molecular weight is 543 g/mol. The van der Waals surface area contributed by atoms with Gasteiger partial charge in [-0.05, 0) is 43.4 Å². The molecule has 2 bridgehead atoms. The molecule has 1 aliphatic carbocycles. The van der Waals surface area contributed by atoms with Crippen molar-refractivity contribution in [2.24, 2.45) is 5.92 Å². The van der Waals surface area contributed by atoms with E-state index < -0.39 is 46.6 Å². The van der Waals surface area contributed by atoms with Gasteiger partial charge in [-0.3, -0.25) is 0 Å². The molecule has 2 aromatic heterocycles. The third-order valence-electron chi connectivity index (χ3n) is 6.81. The van der Waals surface area contributed by atoms with E-state index in [1.807, 2.05) is 6.92 Å². The molecule has 0 radical (unpaired) electrons. The summed E-state index contributed by atoms with van der Waals surface area (Å²) in [6.07, 6.45) is -5.68. The maximum Gasteiger partial charge on any atom is 0.436 e. The Balaban J connectivity index is 1.41. The molecule has 1 aromatic carbocycles. The van der Waals surface area contributed by atoms with E-state index in [1.165, 1.54) is 4.90 Å². The first-order valence-corrected chi connectivity index (χ1v) is 11.5. The molecular weight excluding hydrogens is 523 g/mol. The van der Waals surface area contributed by atoms with Gasteiger partial charge in [-0.15, -0.1) is 5.10 Å². The highest BCUT2D eigenvalue weighted by Crippen LogP contribution is 2.51. The highest BCUT2D eigenvalue weighted by Gasteiger charge is 2.58. The molecular formula is C23H20F7N7O. The zero-order valence-electron chi connectivity index (χ0n) is 19.7. The quantitative estimate of drug-likeness (QED) is 0.446. The lowest BCUT2D eigenvalue weighted by Gasteiger charge is -2.63. The van der Waals surface area contributed by atoms with Crippen LogP contribution in [0.3, 0.4) is 0 Å². The van der Waals surface area contributed by atoms with E-state index in [4.69, 9.17) is 0 Å². The standard InChI is InChI=1S/C23H20F7N7O/c1-12-4-15-7-21(6-12,11-36-33-10-18(35-36)23(28,29)30)37(15)20(38)34-14-2-3-17(22(25,26)27)16(5-14)19-31-8-13(24)9-32-19/h2-3,5,8-10,12,15H,4,6-7,11H2,1H3,(H,34,38)/t12-,15?,21?/m1/s1. The minimum atomic E-state index is -4.77. The molecule has 2 amide bonds. The summed E-state index contributed by atoms with van der Waals surface area (Å²) in [4.78, 5) is 23.0. The number of aromatic nitrogens is 5. The summed E-state index contributed by atoms with van der Waals surface area (Å²) < 4.78 is 93.0. The highest BCUT2D eigenvalue weighted by molar-refractivity contribution is 5.92. The summed E-state index contributed by atoms with van der Waals surface area (Å²) >= 11 is 0. The number of piperidine rings is 1. The van der Waals surface area contributed by atoms with Crippen LogP contribution in [0.2, 0.25) is 0 Å². The summed E-state index contributed by atoms with van der Waals surface area (Å²) in [7, 11) is 0. The van der Waals surface area contributed by atoms with Crippen LogP contribution in [0, 0.1) is 11.7 Å². The van der Waals surface area contributed by atoms with Crippen LogP contribution < -0.4 is 5.32 Å². The monoisotopic (exact) mass is 543 g/mol. The molecule has 3 atom stereocenters. The number of nitrogens with zero attached hydrogens (tertiary/aromatic N) is 6. The molecule has 0 spiro atoms. The summed E-state index contributed by atoms with van der Waals surface area (Å²) in [5.41, 5.74) is -3.52. The van der Waals surface area contributed by atoms with E-state index in [0.717, 1.165) is 35.4 Å². The SMILES string of the molecule is C[C@@H]1CC2CC(Cn3ncc(C(F)(F)F)n3)(C1)N2C(=O)Nc1ccc(C(F)(F)F)c(-c2ncc(F)cn2)c1. The molecule has 3 aliphatic rings. The van der Waals surface area contributed by atoms with Crippen LogP contribution in [0.25, 0.3) is 11.4 Å². The van der Waals surface area contributed by atoms with Gasteiger partial charge in [0.25, 0.3) is 0 Å². The van der Waals surface area contributed by atoms with Crippen molar-refractivity contribution < 1.29 is 35.5 Å². The van der Waals surface area contributed by atoms with E-state index in [-0.39, 0.29) is 30.0 Å². The fourth-order valence-corrected chi connectivity index (χ4v) is 5.51. The van der Waals surface area contributed by atoms with Crippen molar-refractivity contribution in [2.75, 3.05) is 5.32 Å². The predicted molar refractivity (Wildman–Crippen MR) is 118 cm³/mol. The number of carbonyl (C=O) groups excluding carboxylic acids is 1. The number of hydrogen-bond donors (Lipinski definition) is 1. The van der Waals surface area contributed by atoms with Gasteiger partial charge in [-0.25, -0.2) is 19.2 Å². The molecule has 15 heteroatoms. The molecule has 3 fully saturated rings. The summed E-state index contributed by atoms with van der Waals surface area (Å²) in [5.74, 6) is -1.03. The zero-order chi connectivity index (χ0) is 27.5. The van der Waals surface area contributed by atoms with Crippen LogP contribution >= 0.6 is 0 Å². The highest BCUT2D eigenvalue weighted by atomic mass is 19.4. The molecule has 1 saturated carbocycles. The summed E-state index contributed by atoms with van der Waals surface area (Å²) in [6, 6.07) is 2.05. The van der Waals surface area contributed by atoms with Crippen molar-refractivity contribution in [1.82, 2.24) is 29.9 Å². The number of anilines is 1. The van der Waals surface area contributed by atoms with Gasteiger partial charge < -0.3 is 10.2 Å². The largest absolute Gasteiger partial charge is 0.436 e. The minimum Gasteiger partial charge on any atom is -0.314 e. The minimum absolute atomic E-state index is 0.00988. The Bertz CT molecular complexity index is 1360. The van der Waals surface area contributed by atoms with Crippen LogP contribution in [0.4, 0.5) is 41.2 Å². The lowest BCUT2D eigenvalue weighted by atomic mass is 9.64. The number of amides is 2. The maximum atomic E-state index is 13.6. The topological polar surface area (TPSA) is 88.8 Å². The number of carbonyl (C=O) groups is 1. The number of urea groups is 1. The Morgan fingerprint density at radius 1 is 1.08 bits per heavy atom. The number of fused-ring (bicyclic) bond motifs is 2. The smallest absolute Gasteiger partial charge is 0.314 e. The van der Waals surface area contributed by atoms with Gasteiger partial charge in [0.1, 0.15) is 0 Å². The van der Waals surface area contributed by atoms with Crippen LogP contribution in [-0.4, -0.2) is 47.5 Å². The van der Waals surface area contributed by atoms with Crippen LogP contribution in [0.1, 0.15) is 37.4 Å². The van der Waals surface area contributed by atoms with Gasteiger partial charge in [0, 0.05) is 17.3 Å². The molecule has 2 aliphatic heterocycles. The van der Waals surface area contributed by atoms with E-state index in [9.17, 15) is 35.5 Å². The number of halogens is 7. The molecule has 2 saturated heterocycles. The van der Waals surface area contributed by atoms with Gasteiger partial charge in [0.15, 0.2) is 17.3 Å². The van der Waals surface area contributed by atoms with Crippen molar-refractivity contribution in [3.05, 3.63) is 53.9 Å². The van der Waals surface area contributed by atoms with Crippen LogP contribution in [0.15, 0.2) is 36.8 Å². The lowest BCUT2D eigenvalue weighted by molar-refractivity contribution is -0.142. The second-order valence-corrected chi connectivity index (χ2v) is 9.67. The van der Waals surface area contributed by atoms with Crippen molar-refractivity contribution in [1.29, 1.82) is 0 Å². The van der Waals surface area contributed by atoms with Gasteiger partial charge >= 0.3 is 18.4 Å². The first-order chi connectivity index (χ1) is 17.7. The van der Waals surface area contributed by atoms with Crippen molar-refractivity contribution >= 4 is 11.7 Å². The maximum absolute atomic E-state index is 13.6. The Morgan fingerprint density at radius 3 is 2.42 bits per heavy atom. The zero-order valence-corrected chi connectivity index (χ0v) is 19.7. The Morgan fingerprint density at radius 2 is 1.79 bits per heavy atom. The van der Waals surface area contributed by atoms with E-state index in [2.05, 4.69) is 25.5 Å². The van der Waals surface area contributed by atoms with Gasteiger partial charge in [-0.1, -0.05) is 6.92 Å². The fourth-order valence-electron chi connectivity index (χ4n) is 5.51. The van der Waals surface area contributed by atoms with Crippen molar-refractivity contribution in [2.45, 2.75) is 56.7 Å². The van der Waals surface area contributed by atoms with Crippen LogP contribution in [-0.2, 0) is 18.9 Å². The van der Waals surface area contributed by atoms with Gasteiger partial charge in [0.05, 0.1) is 36.2 Å². The van der Waals surface area contributed by atoms with Crippen molar-refractivity contribution in [3.8, 4) is 11.4 Å². The number of nitrogens with one attached hydrogen (secondary N) is 1. The number of hydrogen-bond acceptors (Lipinski definition) is 5. The van der Waals surface area contributed by atoms with E-state index in [1.54, 1.807) is 0 Å². The molecule has 2 unspecified atom stereocenters. The Kier molecular flexibility index (Phi) is 6.06. The Hall–Kier alpha value is -3.78. The summed E-state index contributed by atoms with van der Waals surface area (Å²) in [5, 5.41) is 9.81.